The van der Waals surface area contributed by atoms with E-state index in [9.17, 15) is 4.79 Å². The molecule has 0 spiro atoms. The van der Waals surface area contributed by atoms with E-state index >= 15 is 0 Å². The minimum Gasteiger partial charge on any atom is -0.346 e. The van der Waals surface area contributed by atoms with Crippen molar-refractivity contribution in [2.24, 2.45) is 5.92 Å². The summed E-state index contributed by atoms with van der Waals surface area (Å²) >= 11 is 0. The normalized spacial score (nSPS) is 18.4. The number of nitrogens with zero attached hydrogens (tertiary/aromatic N) is 3. The number of nitrogens with one attached hydrogen (secondary N) is 1. The smallest absolute Gasteiger partial charge is 0.317 e. The van der Waals surface area contributed by atoms with Crippen LogP contribution in [0.1, 0.15) is 27.2 Å². The maximum absolute atomic E-state index is 12.4. The Morgan fingerprint density at radius 2 is 2.04 bits per heavy atom. The summed E-state index contributed by atoms with van der Waals surface area (Å²) in [6.07, 6.45) is 3.26. The van der Waals surface area contributed by atoms with E-state index in [0.29, 0.717) is 12.5 Å². The number of rotatable bonds is 5. The fourth-order valence-electron chi connectivity index (χ4n) is 3.67. The first-order chi connectivity index (χ1) is 12.3. The van der Waals surface area contributed by atoms with Crippen molar-refractivity contribution in [1.29, 1.82) is 0 Å². The molecule has 1 aromatic carbocycles. The number of hydrogen-bond acceptors (Lipinski definition) is 2. The zero-order valence-electron chi connectivity index (χ0n) is 16.5. The molecule has 1 atom stereocenters. The Bertz CT molecular complexity index is 746. The fraction of sp³-hybridized carbons (Fsp3) is 0.571. The van der Waals surface area contributed by atoms with Crippen molar-refractivity contribution in [2.75, 3.05) is 33.2 Å². The molecule has 2 heterocycles. The number of likely N-dealkylation sites (N-methyl/N-ethyl adjacent to an activating group) is 1. The van der Waals surface area contributed by atoms with E-state index in [4.69, 9.17) is 0 Å². The van der Waals surface area contributed by atoms with Crippen LogP contribution in [0, 0.1) is 5.92 Å². The molecule has 0 bridgehead atoms. The summed E-state index contributed by atoms with van der Waals surface area (Å²) in [5.41, 5.74) is 1.43. The Balaban J connectivity index is 1.44. The second kappa shape index (κ2) is 7.70. The lowest BCUT2D eigenvalue weighted by atomic mass is 10.1. The molecule has 1 aromatic heterocycles. The second-order valence-corrected chi connectivity index (χ2v) is 8.45. The Hall–Kier alpha value is -2.01. The standard InChI is InChI=1S/C21H32N4O/c1-21(2,3)25-12-9-17(16-25)15-22-20(26)23(4)13-14-24-11-10-18-7-5-6-8-19(18)24/h5-8,10-11,17H,9,12-16H2,1-4H3,(H,22,26)/t17-/m0/s1. The molecule has 0 aliphatic carbocycles. The highest BCUT2D eigenvalue weighted by atomic mass is 16.2. The molecule has 1 aliphatic heterocycles. The summed E-state index contributed by atoms with van der Waals surface area (Å²) in [6, 6.07) is 10.5. The third kappa shape index (κ3) is 4.39. The first kappa shape index (κ1) is 18.8. The largest absolute Gasteiger partial charge is 0.346 e. The number of carbonyl (C=O) groups excluding carboxylic acids is 1. The van der Waals surface area contributed by atoms with Gasteiger partial charge in [-0.3, -0.25) is 4.90 Å². The van der Waals surface area contributed by atoms with Gasteiger partial charge in [-0.15, -0.1) is 0 Å². The first-order valence-corrected chi connectivity index (χ1v) is 9.62. The van der Waals surface area contributed by atoms with Crippen LogP contribution in [0.5, 0.6) is 0 Å². The number of aromatic nitrogens is 1. The summed E-state index contributed by atoms with van der Waals surface area (Å²) in [4.78, 5) is 16.7. The van der Waals surface area contributed by atoms with Gasteiger partial charge in [0.1, 0.15) is 0 Å². The predicted molar refractivity (Wildman–Crippen MR) is 107 cm³/mol. The van der Waals surface area contributed by atoms with Crippen molar-refractivity contribution < 1.29 is 4.79 Å². The van der Waals surface area contributed by atoms with Crippen LogP contribution in [0.4, 0.5) is 4.79 Å². The zero-order chi connectivity index (χ0) is 18.7. The van der Waals surface area contributed by atoms with Crippen molar-refractivity contribution in [3.05, 3.63) is 36.5 Å². The van der Waals surface area contributed by atoms with Crippen LogP contribution in [0.15, 0.2) is 36.5 Å². The number of urea groups is 1. The molecule has 1 N–H and O–H groups in total. The molecular weight excluding hydrogens is 324 g/mol. The molecule has 26 heavy (non-hydrogen) atoms. The van der Waals surface area contributed by atoms with E-state index in [2.05, 4.69) is 72.1 Å². The maximum atomic E-state index is 12.4. The van der Waals surface area contributed by atoms with Crippen LogP contribution in [-0.4, -0.2) is 59.2 Å². The molecule has 1 saturated heterocycles. The lowest BCUT2D eigenvalue weighted by Crippen LogP contribution is -2.42. The first-order valence-electron chi connectivity index (χ1n) is 9.62. The minimum absolute atomic E-state index is 0.0238. The summed E-state index contributed by atoms with van der Waals surface area (Å²) in [7, 11) is 1.87. The lowest BCUT2D eigenvalue weighted by Gasteiger charge is -2.31. The van der Waals surface area contributed by atoms with Gasteiger partial charge in [0.15, 0.2) is 0 Å². The Kier molecular flexibility index (Phi) is 5.56. The van der Waals surface area contributed by atoms with E-state index in [0.717, 1.165) is 32.6 Å². The molecule has 0 saturated carbocycles. The molecule has 0 radical (unpaired) electrons. The van der Waals surface area contributed by atoms with Crippen molar-refractivity contribution in [2.45, 2.75) is 39.3 Å². The molecule has 1 aliphatic rings. The van der Waals surface area contributed by atoms with Crippen LogP contribution in [0.25, 0.3) is 10.9 Å². The molecule has 2 amide bonds. The third-order valence-electron chi connectivity index (χ3n) is 5.48. The van der Waals surface area contributed by atoms with Crippen molar-refractivity contribution in [3.63, 3.8) is 0 Å². The van der Waals surface area contributed by atoms with E-state index in [-0.39, 0.29) is 11.6 Å². The quantitative estimate of drug-likeness (QED) is 0.892. The number of amides is 2. The molecule has 2 aromatic rings. The summed E-state index contributed by atoms with van der Waals surface area (Å²) in [5.74, 6) is 0.556. The van der Waals surface area contributed by atoms with Gasteiger partial charge in [-0.25, -0.2) is 4.79 Å². The van der Waals surface area contributed by atoms with Gasteiger partial charge in [0.2, 0.25) is 0 Å². The molecule has 5 nitrogen and oxygen atoms in total. The number of benzene rings is 1. The Morgan fingerprint density at radius 3 is 2.77 bits per heavy atom. The minimum atomic E-state index is 0.0238. The number of hydrogen-bond donors (Lipinski definition) is 1. The fourth-order valence-corrected chi connectivity index (χ4v) is 3.67. The third-order valence-corrected chi connectivity index (χ3v) is 5.48. The van der Waals surface area contributed by atoms with Gasteiger partial charge >= 0.3 is 6.03 Å². The highest BCUT2D eigenvalue weighted by Crippen LogP contribution is 2.23. The van der Waals surface area contributed by atoms with E-state index in [1.54, 1.807) is 4.90 Å². The summed E-state index contributed by atoms with van der Waals surface area (Å²) < 4.78 is 2.21. The van der Waals surface area contributed by atoms with Gasteiger partial charge in [0.25, 0.3) is 0 Å². The average Bonchev–Trinajstić information content (AvgIpc) is 3.24. The second-order valence-electron chi connectivity index (χ2n) is 8.45. The molecule has 5 heteroatoms. The molecule has 3 rings (SSSR count). The van der Waals surface area contributed by atoms with Gasteiger partial charge in [-0.1, -0.05) is 18.2 Å². The Morgan fingerprint density at radius 1 is 1.27 bits per heavy atom. The summed E-state index contributed by atoms with van der Waals surface area (Å²) in [6.45, 7) is 11.2. The van der Waals surface area contributed by atoms with E-state index in [1.165, 1.54) is 10.9 Å². The van der Waals surface area contributed by atoms with Crippen LogP contribution >= 0.6 is 0 Å². The monoisotopic (exact) mass is 356 g/mol. The SMILES string of the molecule is CN(CCn1ccc2ccccc21)C(=O)NC[C@@H]1CCN(C(C)(C)C)C1. The van der Waals surface area contributed by atoms with Crippen LogP contribution in [0.2, 0.25) is 0 Å². The summed E-state index contributed by atoms with van der Waals surface area (Å²) in [5, 5.41) is 4.35. The van der Waals surface area contributed by atoms with Crippen molar-refractivity contribution >= 4 is 16.9 Å². The van der Waals surface area contributed by atoms with Gasteiger partial charge in [0.05, 0.1) is 0 Å². The van der Waals surface area contributed by atoms with Gasteiger partial charge < -0.3 is 14.8 Å². The Labute approximate surface area is 157 Å². The highest BCUT2D eigenvalue weighted by molar-refractivity contribution is 5.80. The van der Waals surface area contributed by atoms with Gasteiger partial charge in [-0.05, 0) is 57.2 Å². The molecule has 0 unspecified atom stereocenters. The van der Waals surface area contributed by atoms with Crippen molar-refractivity contribution in [1.82, 2.24) is 19.7 Å². The molecule has 142 valence electrons. The number of para-hydroxylation sites is 1. The zero-order valence-corrected chi connectivity index (χ0v) is 16.5. The van der Waals surface area contributed by atoms with Gasteiger partial charge in [-0.2, -0.15) is 0 Å². The van der Waals surface area contributed by atoms with Crippen LogP contribution in [0.3, 0.4) is 0 Å². The molecule has 1 fully saturated rings. The number of fused-ring (bicyclic) bond motifs is 1. The topological polar surface area (TPSA) is 40.5 Å². The lowest BCUT2D eigenvalue weighted by molar-refractivity contribution is 0.167. The highest BCUT2D eigenvalue weighted by Gasteiger charge is 2.30. The van der Waals surface area contributed by atoms with Crippen LogP contribution in [-0.2, 0) is 6.54 Å². The van der Waals surface area contributed by atoms with E-state index < -0.39 is 0 Å². The van der Waals surface area contributed by atoms with Crippen molar-refractivity contribution in [3.8, 4) is 0 Å². The van der Waals surface area contributed by atoms with Gasteiger partial charge in [0, 0.05) is 50.5 Å². The number of likely N-dealkylation sites (tertiary alicyclic amines) is 1. The number of carbonyl (C=O) groups is 1. The van der Waals surface area contributed by atoms with E-state index in [1.807, 2.05) is 7.05 Å². The predicted octanol–water partition coefficient (Wildman–Crippen LogP) is 3.40. The van der Waals surface area contributed by atoms with Crippen LogP contribution < -0.4 is 5.32 Å². The maximum Gasteiger partial charge on any atom is 0.317 e. The molecular formula is C21H32N4O. The average molecular weight is 357 g/mol.